The van der Waals surface area contributed by atoms with Crippen molar-refractivity contribution in [3.8, 4) is 10.6 Å². The van der Waals surface area contributed by atoms with Crippen LogP contribution in [0.25, 0.3) is 10.6 Å². The second kappa shape index (κ2) is 6.50. The summed E-state index contributed by atoms with van der Waals surface area (Å²) in [5, 5.41) is 10.2. The highest BCUT2D eigenvalue weighted by atomic mass is 32.2. The maximum atomic E-state index is 12.4. The van der Waals surface area contributed by atoms with Gasteiger partial charge in [-0.1, -0.05) is 11.2 Å². The minimum Gasteiger partial charge on any atom is -0.360 e. The molecule has 0 atom stereocenters. The zero-order chi connectivity index (χ0) is 17.3. The quantitative estimate of drug-likeness (QED) is 0.724. The lowest BCUT2D eigenvalue weighted by atomic mass is 10.3. The molecule has 0 saturated carbocycles. The first-order valence-electron chi connectivity index (χ1n) is 7.39. The van der Waals surface area contributed by atoms with Crippen LogP contribution in [0.15, 0.2) is 33.0 Å². The van der Waals surface area contributed by atoms with Gasteiger partial charge in [-0.25, -0.2) is 13.1 Å². The van der Waals surface area contributed by atoms with Gasteiger partial charge < -0.3 is 4.52 Å². The molecule has 0 aromatic carbocycles. The van der Waals surface area contributed by atoms with Gasteiger partial charge in [0.25, 0.3) is 0 Å². The van der Waals surface area contributed by atoms with E-state index in [1.807, 2.05) is 30.5 Å². The van der Waals surface area contributed by atoms with E-state index < -0.39 is 10.0 Å². The van der Waals surface area contributed by atoms with Crippen molar-refractivity contribution in [3.63, 3.8) is 0 Å². The summed E-state index contributed by atoms with van der Waals surface area (Å²) in [5.74, 6) is 0.287. The Morgan fingerprint density at radius 3 is 2.75 bits per heavy atom. The number of sulfonamides is 1. The zero-order valence-corrected chi connectivity index (χ0v) is 15.2. The van der Waals surface area contributed by atoms with Crippen molar-refractivity contribution >= 4 is 21.4 Å². The van der Waals surface area contributed by atoms with Crippen LogP contribution < -0.4 is 4.72 Å². The number of aromatic nitrogens is 3. The SMILES string of the molecule is Cc1noc(C)c1S(=O)(=O)NCCn1nc(-c2cccs2)cc1C. The van der Waals surface area contributed by atoms with Crippen molar-refractivity contribution in [2.24, 2.45) is 0 Å². The van der Waals surface area contributed by atoms with Crippen LogP contribution in [0.5, 0.6) is 0 Å². The summed E-state index contributed by atoms with van der Waals surface area (Å²) in [5.41, 5.74) is 2.24. The molecular formula is C15H18N4O3S2. The van der Waals surface area contributed by atoms with E-state index in [0.29, 0.717) is 12.2 Å². The number of rotatable bonds is 6. The summed E-state index contributed by atoms with van der Waals surface area (Å²) in [6.45, 7) is 5.82. The van der Waals surface area contributed by atoms with Crippen LogP contribution in [0, 0.1) is 20.8 Å². The largest absolute Gasteiger partial charge is 0.360 e. The number of aryl methyl sites for hydroxylation is 3. The Morgan fingerprint density at radius 2 is 2.12 bits per heavy atom. The molecule has 128 valence electrons. The lowest BCUT2D eigenvalue weighted by Crippen LogP contribution is -2.28. The molecule has 0 bridgehead atoms. The molecule has 3 rings (SSSR count). The summed E-state index contributed by atoms with van der Waals surface area (Å²) >= 11 is 1.62. The van der Waals surface area contributed by atoms with Crippen LogP contribution in [-0.2, 0) is 16.6 Å². The van der Waals surface area contributed by atoms with Crippen molar-refractivity contribution < 1.29 is 12.9 Å². The van der Waals surface area contributed by atoms with Crippen LogP contribution in [0.3, 0.4) is 0 Å². The van der Waals surface area contributed by atoms with E-state index in [-0.39, 0.29) is 17.2 Å². The maximum absolute atomic E-state index is 12.4. The molecule has 0 saturated heterocycles. The Bertz CT molecular complexity index is 920. The van der Waals surface area contributed by atoms with E-state index in [1.54, 1.807) is 29.9 Å². The third-order valence-electron chi connectivity index (χ3n) is 3.61. The molecule has 0 fully saturated rings. The highest BCUT2D eigenvalue weighted by molar-refractivity contribution is 7.89. The highest BCUT2D eigenvalue weighted by Crippen LogP contribution is 2.24. The first-order chi connectivity index (χ1) is 11.4. The molecule has 0 radical (unpaired) electrons. The smallest absolute Gasteiger partial charge is 0.246 e. The standard InChI is InChI=1S/C15H18N4O3S2/c1-10-9-13(14-5-4-8-23-14)17-19(10)7-6-16-24(20,21)15-11(2)18-22-12(15)3/h4-5,8-9,16H,6-7H2,1-3H3. The number of thiophene rings is 1. The predicted octanol–water partition coefficient (Wildman–Crippen LogP) is 2.50. The molecule has 9 heteroatoms. The van der Waals surface area contributed by atoms with Gasteiger partial charge in [-0.2, -0.15) is 5.10 Å². The molecule has 0 aliphatic heterocycles. The first kappa shape index (κ1) is 16.9. The molecule has 7 nitrogen and oxygen atoms in total. The normalized spacial score (nSPS) is 12.0. The molecule has 0 spiro atoms. The molecule has 0 aliphatic rings. The Labute approximate surface area is 144 Å². The lowest BCUT2D eigenvalue weighted by Gasteiger charge is -2.07. The Hall–Kier alpha value is -1.97. The van der Waals surface area contributed by atoms with Gasteiger partial charge in [-0.3, -0.25) is 4.68 Å². The molecule has 1 N–H and O–H groups in total. The Kier molecular flexibility index (Phi) is 4.57. The van der Waals surface area contributed by atoms with Crippen LogP contribution in [-0.4, -0.2) is 29.9 Å². The molecule has 3 aromatic rings. The van der Waals surface area contributed by atoms with E-state index in [0.717, 1.165) is 16.3 Å². The molecule has 24 heavy (non-hydrogen) atoms. The summed E-state index contributed by atoms with van der Waals surface area (Å²) in [6, 6.07) is 5.98. The van der Waals surface area contributed by atoms with Crippen LogP contribution in [0.1, 0.15) is 17.1 Å². The van der Waals surface area contributed by atoms with Gasteiger partial charge in [0.15, 0.2) is 5.76 Å². The molecular weight excluding hydrogens is 348 g/mol. The van der Waals surface area contributed by atoms with Crippen molar-refractivity contribution in [3.05, 3.63) is 40.7 Å². The fourth-order valence-corrected chi connectivity index (χ4v) is 4.53. The average molecular weight is 366 g/mol. The van der Waals surface area contributed by atoms with E-state index in [9.17, 15) is 8.42 Å². The summed E-state index contributed by atoms with van der Waals surface area (Å²) < 4.78 is 34.0. The van der Waals surface area contributed by atoms with Crippen LogP contribution in [0.2, 0.25) is 0 Å². The van der Waals surface area contributed by atoms with Gasteiger partial charge >= 0.3 is 0 Å². The van der Waals surface area contributed by atoms with E-state index in [1.165, 1.54) is 0 Å². The van der Waals surface area contributed by atoms with E-state index >= 15 is 0 Å². The Balaban J connectivity index is 1.69. The number of nitrogens with zero attached hydrogens (tertiary/aromatic N) is 3. The number of hydrogen-bond acceptors (Lipinski definition) is 6. The fourth-order valence-electron chi connectivity index (χ4n) is 2.50. The van der Waals surface area contributed by atoms with Crippen LogP contribution >= 0.6 is 11.3 Å². The molecule has 0 amide bonds. The fraction of sp³-hybridized carbons (Fsp3) is 0.333. The van der Waals surface area contributed by atoms with Crippen molar-refractivity contribution in [2.75, 3.05) is 6.54 Å². The summed E-state index contributed by atoms with van der Waals surface area (Å²) in [4.78, 5) is 1.20. The third kappa shape index (κ3) is 3.28. The van der Waals surface area contributed by atoms with Crippen LogP contribution in [0.4, 0.5) is 0 Å². The van der Waals surface area contributed by atoms with Gasteiger partial charge in [0.2, 0.25) is 10.0 Å². The van der Waals surface area contributed by atoms with Gasteiger partial charge in [0, 0.05) is 12.2 Å². The lowest BCUT2D eigenvalue weighted by molar-refractivity contribution is 0.390. The second-order valence-corrected chi connectivity index (χ2v) is 8.07. The maximum Gasteiger partial charge on any atom is 0.246 e. The number of hydrogen-bond donors (Lipinski definition) is 1. The third-order valence-corrected chi connectivity index (χ3v) is 6.20. The molecule has 0 unspecified atom stereocenters. The van der Waals surface area contributed by atoms with Crippen molar-refractivity contribution in [1.82, 2.24) is 19.7 Å². The zero-order valence-electron chi connectivity index (χ0n) is 13.6. The number of nitrogens with one attached hydrogen (secondary N) is 1. The van der Waals surface area contributed by atoms with Gasteiger partial charge in [-0.05, 0) is 38.3 Å². The molecule has 0 aliphatic carbocycles. The minimum absolute atomic E-state index is 0.110. The highest BCUT2D eigenvalue weighted by Gasteiger charge is 2.23. The van der Waals surface area contributed by atoms with Crippen molar-refractivity contribution in [1.29, 1.82) is 0 Å². The van der Waals surface area contributed by atoms with E-state index in [2.05, 4.69) is 15.0 Å². The average Bonchev–Trinajstić information content (AvgIpc) is 3.21. The van der Waals surface area contributed by atoms with Crippen molar-refractivity contribution in [2.45, 2.75) is 32.2 Å². The monoisotopic (exact) mass is 366 g/mol. The summed E-state index contributed by atoms with van der Waals surface area (Å²) in [7, 11) is -3.64. The van der Waals surface area contributed by atoms with Gasteiger partial charge in [0.1, 0.15) is 16.3 Å². The minimum atomic E-state index is -3.64. The molecule has 3 aromatic heterocycles. The van der Waals surface area contributed by atoms with E-state index in [4.69, 9.17) is 4.52 Å². The molecule has 3 heterocycles. The topological polar surface area (TPSA) is 90.0 Å². The Morgan fingerprint density at radius 1 is 1.33 bits per heavy atom. The van der Waals surface area contributed by atoms with Gasteiger partial charge in [-0.15, -0.1) is 11.3 Å². The predicted molar refractivity (Wildman–Crippen MR) is 91.4 cm³/mol. The first-order valence-corrected chi connectivity index (χ1v) is 9.75. The van der Waals surface area contributed by atoms with Gasteiger partial charge in [0.05, 0.1) is 11.4 Å². The second-order valence-electron chi connectivity index (χ2n) is 5.42. The summed E-state index contributed by atoms with van der Waals surface area (Å²) in [6.07, 6.45) is 0.